The maximum atomic E-state index is 13.2. The van der Waals surface area contributed by atoms with Crippen LogP contribution in [0.4, 0.5) is 27.5 Å². The summed E-state index contributed by atoms with van der Waals surface area (Å²) in [6.07, 6.45) is 1.61. The number of rotatable bonds is 4. The third-order valence-corrected chi connectivity index (χ3v) is 4.06. The fraction of sp³-hybridized carbons (Fsp3) is 0.0588. The highest BCUT2D eigenvalue weighted by Gasteiger charge is 2.06. The lowest BCUT2D eigenvalue weighted by atomic mass is 10.2. The van der Waals surface area contributed by atoms with E-state index in [1.165, 1.54) is 12.1 Å². The van der Waals surface area contributed by atoms with Gasteiger partial charge in [0.1, 0.15) is 11.6 Å². The Hall–Kier alpha value is -2.37. The Morgan fingerprint density at radius 2 is 1.83 bits per heavy atom. The van der Waals surface area contributed by atoms with Gasteiger partial charge in [0.2, 0.25) is 5.95 Å². The van der Waals surface area contributed by atoms with Crippen molar-refractivity contribution in [2.24, 2.45) is 0 Å². The second kappa shape index (κ2) is 7.03. The molecule has 1 aromatic heterocycles. The van der Waals surface area contributed by atoms with Crippen LogP contribution in [0.1, 0.15) is 5.56 Å². The zero-order valence-corrected chi connectivity index (χ0v) is 14.2. The molecule has 0 aliphatic heterocycles. The molecule has 0 spiro atoms. The van der Waals surface area contributed by atoms with Crippen LogP contribution in [-0.4, -0.2) is 9.97 Å². The number of nitrogens with zero attached hydrogens (tertiary/aromatic N) is 2. The van der Waals surface area contributed by atoms with Crippen molar-refractivity contribution < 1.29 is 4.39 Å². The molecular weight excluding hydrogens is 350 g/mol. The summed E-state index contributed by atoms with van der Waals surface area (Å²) >= 11 is 11.9. The summed E-state index contributed by atoms with van der Waals surface area (Å²) in [6.45, 7) is 1.91. The van der Waals surface area contributed by atoms with Crippen LogP contribution >= 0.6 is 23.2 Å². The quantitative estimate of drug-likeness (QED) is 0.623. The fourth-order valence-electron chi connectivity index (χ4n) is 2.07. The predicted molar refractivity (Wildman–Crippen MR) is 96.2 cm³/mol. The largest absolute Gasteiger partial charge is 0.340 e. The van der Waals surface area contributed by atoms with E-state index in [-0.39, 0.29) is 5.02 Å². The predicted octanol–water partition coefficient (Wildman–Crippen LogP) is 5.72. The minimum Gasteiger partial charge on any atom is -0.340 e. The van der Waals surface area contributed by atoms with Gasteiger partial charge in [-0.15, -0.1) is 0 Å². The van der Waals surface area contributed by atoms with Crippen LogP contribution in [0.15, 0.2) is 48.7 Å². The van der Waals surface area contributed by atoms with Crippen molar-refractivity contribution >= 4 is 46.3 Å². The highest BCUT2D eigenvalue weighted by Crippen LogP contribution is 2.26. The van der Waals surface area contributed by atoms with Gasteiger partial charge in [-0.05, 0) is 48.9 Å². The smallest absolute Gasteiger partial charge is 0.229 e. The van der Waals surface area contributed by atoms with Crippen molar-refractivity contribution in [1.82, 2.24) is 9.97 Å². The molecule has 24 heavy (non-hydrogen) atoms. The molecule has 0 atom stereocenters. The Balaban J connectivity index is 1.81. The number of nitrogens with one attached hydrogen (secondary N) is 2. The normalized spacial score (nSPS) is 10.5. The lowest BCUT2D eigenvalue weighted by molar-refractivity contribution is 0.628. The highest BCUT2D eigenvalue weighted by molar-refractivity contribution is 6.31. The van der Waals surface area contributed by atoms with E-state index in [2.05, 4.69) is 20.6 Å². The van der Waals surface area contributed by atoms with Crippen molar-refractivity contribution in [2.45, 2.75) is 6.92 Å². The first-order valence-corrected chi connectivity index (χ1v) is 7.86. The maximum absolute atomic E-state index is 13.2. The van der Waals surface area contributed by atoms with E-state index in [9.17, 15) is 4.39 Å². The van der Waals surface area contributed by atoms with Crippen molar-refractivity contribution in [3.05, 3.63) is 70.1 Å². The van der Waals surface area contributed by atoms with Gasteiger partial charge in [-0.3, -0.25) is 0 Å². The number of aromatic nitrogens is 2. The number of hydrogen-bond donors (Lipinski definition) is 2. The average molecular weight is 363 g/mol. The zero-order valence-electron chi connectivity index (χ0n) is 12.6. The summed E-state index contributed by atoms with van der Waals surface area (Å²) in [6, 6.07) is 11.6. The molecule has 0 amide bonds. The van der Waals surface area contributed by atoms with Crippen LogP contribution < -0.4 is 10.6 Å². The SMILES string of the molecule is Cc1c(Cl)cccc1Nc1nccc(Nc2ccc(F)c(Cl)c2)n1. The van der Waals surface area contributed by atoms with Gasteiger partial charge in [-0.1, -0.05) is 29.3 Å². The molecule has 1 heterocycles. The van der Waals surface area contributed by atoms with E-state index in [0.717, 1.165) is 11.3 Å². The maximum Gasteiger partial charge on any atom is 0.229 e. The Morgan fingerprint density at radius 1 is 1.00 bits per heavy atom. The lowest BCUT2D eigenvalue weighted by Crippen LogP contribution is -2.01. The van der Waals surface area contributed by atoms with Crippen molar-refractivity contribution in [3.8, 4) is 0 Å². The first-order chi connectivity index (χ1) is 11.5. The molecule has 0 unspecified atom stereocenters. The van der Waals surface area contributed by atoms with Crippen LogP contribution in [0.25, 0.3) is 0 Å². The fourth-order valence-corrected chi connectivity index (χ4v) is 2.43. The van der Waals surface area contributed by atoms with Gasteiger partial charge in [0.25, 0.3) is 0 Å². The van der Waals surface area contributed by atoms with E-state index >= 15 is 0 Å². The molecule has 0 aliphatic rings. The van der Waals surface area contributed by atoms with Crippen LogP contribution in [0, 0.1) is 12.7 Å². The van der Waals surface area contributed by atoms with Gasteiger partial charge in [-0.25, -0.2) is 9.37 Å². The standard InChI is InChI=1S/C17H13Cl2FN4/c1-10-12(18)3-2-4-15(10)23-17-21-8-7-16(24-17)22-11-5-6-14(20)13(19)9-11/h2-9H,1H3,(H2,21,22,23,24). The summed E-state index contributed by atoms with van der Waals surface area (Å²) in [4.78, 5) is 8.56. The second-order valence-corrected chi connectivity index (χ2v) is 5.87. The molecule has 2 aromatic carbocycles. The third kappa shape index (κ3) is 3.75. The van der Waals surface area contributed by atoms with Gasteiger partial charge in [0, 0.05) is 22.6 Å². The van der Waals surface area contributed by atoms with E-state index in [1.807, 2.05) is 25.1 Å². The summed E-state index contributed by atoms with van der Waals surface area (Å²) in [5.41, 5.74) is 2.36. The molecule has 2 N–H and O–H groups in total. The topological polar surface area (TPSA) is 49.8 Å². The highest BCUT2D eigenvalue weighted by atomic mass is 35.5. The number of hydrogen-bond acceptors (Lipinski definition) is 4. The van der Waals surface area contributed by atoms with Gasteiger partial charge < -0.3 is 10.6 Å². The third-order valence-electron chi connectivity index (χ3n) is 3.36. The van der Waals surface area contributed by atoms with Crippen LogP contribution in [0.5, 0.6) is 0 Å². The van der Waals surface area contributed by atoms with Crippen molar-refractivity contribution in [2.75, 3.05) is 10.6 Å². The molecule has 0 aliphatic carbocycles. The summed E-state index contributed by atoms with van der Waals surface area (Å²) in [7, 11) is 0. The summed E-state index contributed by atoms with van der Waals surface area (Å²) < 4.78 is 13.2. The summed E-state index contributed by atoms with van der Waals surface area (Å²) in [5.74, 6) is 0.497. The van der Waals surface area contributed by atoms with E-state index in [4.69, 9.17) is 23.2 Å². The monoisotopic (exact) mass is 362 g/mol. The average Bonchev–Trinajstić information content (AvgIpc) is 2.56. The molecule has 0 bridgehead atoms. The van der Waals surface area contributed by atoms with Crippen LogP contribution in [0.3, 0.4) is 0 Å². The Bertz CT molecular complexity index is 886. The van der Waals surface area contributed by atoms with Gasteiger partial charge >= 0.3 is 0 Å². The molecule has 3 rings (SSSR count). The molecule has 0 saturated carbocycles. The Labute approximate surface area is 148 Å². The van der Waals surface area contributed by atoms with Crippen molar-refractivity contribution in [1.29, 1.82) is 0 Å². The van der Waals surface area contributed by atoms with E-state index in [1.54, 1.807) is 18.3 Å². The van der Waals surface area contributed by atoms with Crippen LogP contribution in [0.2, 0.25) is 10.0 Å². The molecular formula is C17H13Cl2FN4. The first-order valence-electron chi connectivity index (χ1n) is 7.10. The zero-order chi connectivity index (χ0) is 17.1. The molecule has 4 nitrogen and oxygen atoms in total. The number of benzene rings is 2. The Morgan fingerprint density at radius 3 is 2.62 bits per heavy atom. The molecule has 122 valence electrons. The summed E-state index contributed by atoms with van der Waals surface area (Å²) in [5, 5.41) is 6.89. The lowest BCUT2D eigenvalue weighted by Gasteiger charge is -2.11. The number of anilines is 4. The number of halogens is 3. The van der Waals surface area contributed by atoms with Crippen LogP contribution in [-0.2, 0) is 0 Å². The van der Waals surface area contributed by atoms with E-state index < -0.39 is 5.82 Å². The first kappa shape index (κ1) is 16.5. The molecule has 7 heteroatoms. The molecule has 0 saturated heterocycles. The Kier molecular flexibility index (Phi) is 4.83. The molecule has 0 fully saturated rings. The minimum atomic E-state index is -0.469. The molecule has 0 radical (unpaired) electrons. The molecule has 3 aromatic rings. The van der Waals surface area contributed by atoms with Gasteiger partial charge in [-0.2, -0.15) is 4.98 Å². The van der Waals surface area contributed by atoms with Crippen molar-refractivity contribution in [3.63, 3.8) is 0 Å². The minimum absolute atomic E-state index is 0.0435. The van der Waals surface area contributed by atoms with Gasteiger partial charge in [0.15, 0.2) is 0 Å². The second-order valence-electron chi connectivity index (χ2n) is 5.06. The van der Waals surface area contributed by atoms with E-state index in [0.29, 0.717) is 22.5 Å². The van der Waals surface area contributed by atoms with Gasteiger partial charge in [0.05, 0.1) is 5.02 Å².